The number of aliphatic hydroxyl groups is 1. The zero-order valence-electron chi connectivity index (χ0n) is 9.90. The van der Waals surface area contributed by atoms with Crippen LogP contribution in [-0.4, -0.2) is 41.2 Å². The lowest BCUT2D eigenvalue weighted by Gasteiger charge is -2.29. The minimum absolute atomic E-state index is 0.0543. The van der Waals surface area contributed by atoms with Gasteiger partial charge in [-0.3, -0.25) is 0 Å². The maximum absolute atomic E-state index is 8.96. The molecule has 0 atom stereocenters. The van der Waals surface area contributed by atoms with E-state index in [1.807, 2.05) is 0 Å². The number of rotatable bonds is 3. The van der Waals surface area contributed by atoms with E-state index < -0.39 is 0 Å². The molecule has 1 aromatic heterocycles. The zero-order chi connectivity index (χ0) is 12.3. The molecule has 1 saturated heterocycles. The minimum Gasteiger partial charge on any atom is -0.473 e. The van der Waals surface area contributed by atoms with Crippen molar-refractivity contribution in [1.29, 1.82) is 0 Å². The Bertz CT molecular complexity index is 379. The summed E-state index contributed by atoms with van der Waals surface area (Å²) in [6.45, 7) is 2.02. The maximum Gasteiger partial charge on any atom is 0.232 e. The lowest BCUT2D eigenvalue weighted by atomic mass is 10.1. The number of piperidine rings is 1. The second-order valence-electron chi connectivity index (χ2n) is 4.41. The number of ether oxygens (including phenoxy) is 1. The molecule has 94 valence electrons. The van der Waals surface area contributed by atoms with Crippen molar-refractivity contribution < 1.29 is 9.84 Å². The molecule has 1 aliphatic heterocycles. The lowest BCUT2D eigenvalue weighted by molar-refractivity contribution is 0.110. The van der Waals surface area contributed by atoms with Crippen LogP contribution in [0.2, 0.25) is 5.02 Å². The van der Waals surface area contributed by atoms with Gasteiger partial charge in [0, 0.05) is 19.3 Å². The van der Waals surface area contributed by atoms with E-state index in [2.05, 4.69) is 16.9 Å². The molecule has 2 rings (SSSR count). The topological polar surface area (TPSA) is 45.6 Å². The SMILES string of the molecule is CN1CCC(Oc2ncc(CO)cc2Cl)CC1. The Morgan fingerprint density at radius 2 is 2.24 bits per heavy atom. The molecule has 0 aliphatic carbocycles. The Kier molecular flexibility index (Phi) is 4.20. The highest BCUT2D eigenvalue weighted by Crippen LogP contribution is 2.25. The fourth-order valence-electron chi connectivity index (χ4n) is 1.90. The number of likely N-dealkylation sites (tertiary alicyclic amines) is 1. The molecule has 1 aromatic rings. The van der Waals surface area contributed by atoms with E-state index in [0.717, 1.165) is 25.9 Å². The first-order valence-electron chi connectivity index (χ1n) is 5.79. The number of aromatic nitrogens is 1. The fourth-order valence-corrected chi connectivity index (χ4v) is 2.13. The molecule has 1 fully saturated rings. The Morgan fingerprint density at radius 1 is 1.53 bits per heavy atom. The number of halogens is 1. The van der Waals surface area contributed by atoms with Crippen LogP contribution in [0.4, 0.5) is 0 Å². The van der Waals surface area contributed by atoms with Gasteiger partial charge in [0.15, 0.2) is 0 Å². The van der Waals surface area contributed by atoms with E-state index in [9.17, 15) is 0 Å². The van der Waals surface area contributed by atoms with Crippen molar-refractivity contribution in [2.24, 2.45) is 0 Å². The summed E-state index contributed by atoms with van der Waals surface area (Å²) in [4.78, 5) is 6.42. The van der Waals surface area contributed by atoms with Crippen molar-refractivity contribution in [2.45, 2.75) is 25.6 Å². The first-order chi connectivity index (χ1) is 8.19. The summed E-state index contributed by atoms with van der Waals surface area (Å²) >= 11 is 6.05. The smallest absolute Gasteiger partial charge is 0.232 e. The van der Waals surface area contributed by atoms with Crippen molar-refractivity contribution in [3.63, 3.8) is 0 Å². The molecule has 0 radical (unpaired) electrons. The van der Waals surface area contributed by atoms with E-state index in [4.69, 9.17) is 21.4 Å². The van der Waals surface area contributed by atoms with E-state index >= 15 is 0 Å². The van der Waals surface area contributed by atoms with Gasteiger partial charge in [-0.15, -0.1) is 0 Å². The summed E-state index contributed by atoms with van der Waals surface area (Å²) in [5.74, 6) is 0.471. The van der Waals surface area contributed by atoms with Crippen molar-refractivity contribution >= 4 is 11.6 Å². The molecule has 0 bridgehead atoms. The maximum atomic E-state index is 8.96. The third-order valence-electron chi connectivity index (χ3n) is 2.99. The number of pyridine rings is 1. The molecule has 0 saturated carbocycles. The van der Waals surface area contributed by atoms with E-state index in [0.29, 0.717) is 16.5 Å². The van der Waals surface area contributed by atoms with E-state index in [1.54, 1.807) is 12.3 Å². The van der Waals surface area contributed by atoms with Crippen molar-refractivity contribution in [1.82, 2.24) is 9.88 Å². The van der Waals surface area contributed by atoms with Gasteiger partial charge < -0.3 is 14.7 Å². The second kappa shape index (κ2) is 5.67. The summed E-state index contributed by atoms with van der Waals surface area (Å²) in [7, 11) is 2.11. The molecule has 0 unspecified atom stereocenters. The third kappa shape index (κ3) is 3.31. The molecule has 0 aromatic carbocycles. The summed E-state index contributed by atoms with van der Waals surface area (Å²) in [6.07, 6.45) is 3.78. The minimum atomic E-state index is -0.0543. The first kappa shape index (κ1) is 12.6. The molecule has 0 amide bonds. The monoisotopic (exact) mass is 256 g/mol. The first-order valence-corrected chi connectivity index (χ1v) is 6.17. The van der Waals surface area contributed by atoms with Crippen molar-refractivity contribution in [2.75, 3.05) is 20.1 Å². The largest absolute Gasteiger partial charge is 0.473 e. The van der Waals surface area contributed by atoms with Crippen LogP contribution >= 0.6 is 11.6 Å². The van der Waals surface area contributed by atoms with Crippen LogP contribution in [0.3, 0.4) is 0 Å². The Balaban J connectivity index is 1.99. The van der Waals surface area contributed by atoms with Crippen LogP contribution in [0.1, 0.15) is 18.4 Å². The molecule has 0 spiro atoms. The van der Waals surface area contributed by atoms with Crippen LogP contribution in [-0.2, 0) is 6.61 Å². The lowest BCUT2D eigenvalue weighted by Crippen LogP contribution is -2.35. The Hall–Kier alpha value is -0.840. The molecule has 17 heavy (non-hydrogen) atoms. The standard InChI is InChI=1S/C12H17ClN2O2/c1-15-4-2-10(3-5-15)17-12-11(13)6-9(8-16)7-14-12/h6-7,10,16H,2-5,8H2,1H3. The van der Waals surface area contributed by atoms with Crippen LogP contribution in [0.5, 0.6) is 5.88 Å². The van der Waals surface area contributed by atoms with E-state index in [-0.39, 0.29) is 12.7 Å². The predicted octanol–water partition coefficient (Wildman–Crippen LogP) is 1.70. The van der Waals surface area contributed by atoms with Gasteiger partial charge in [0.05, 0.1) is 6.61 Å². The summed E-state index contributed by atoms with van der Waals surface area (Å²) in [5, 5.41) is 9.43. The van der Waals surface area contributed by atoms with Crippen molar-refractivity contribution in [3.8, 4) is 5.88 Å². The van der Waals surface area contributed by atoms with Gasteiger partial charge in [-0.05, 0) is 31.5 Å². The summed E-state index contributed by atoms with van der Waals surface area (Å²) in [5.41, 5.74) is 0.700. The van der Waals surface area contributed by atoms with Crippen LogP contribution in [0.25, 0.3) is 0 Å². The number of hydrogen-bond acceptors (Lipinski definition) is 4. The van der Waals surface area contributed by atoms with Gasteiger partial charge in [0.1, 0.15) is 11.1 Å². The normalized spacial score (nSPS) is 18.3. The Morgan fingerprint density at radius 3 is 2.82 bits per heavy atom. The van der Waals surface area contributed by atoms with E-state index in [1.165, 1.54) is 0 Å². The molecule has 2 heterocycles. The van der Waals surface area contributed by atoms with Gasteiger partial charge in [-0.25, -0.2) is 4.98 Å². The number of aliphatic hydroxyl groups excluding tert-OH is 1. The number of nitrogens with zero attached hydrogens (tertiary/aromatic N) is 2. The molecule has 5 heteroatoms. The molecule has 1 aliphatic rings. The molecule has 1 N–H and O–H groups in total. The highest BCUT2D eigenvalue weighted by Gasteiger charge is 2.19. The van der Waals surface area contributed by atoms with Gasteiger partial charge in [0.25, 0.3) is 0 Å². The van der Waals surface area contributed by atoms with Gasteiger partial charge in [-0.1, -0.05) is 11.6 Å². The van der Waals surface area contributed by atoms with Gasteiger partial charge >= 0.3 is 0 Å². The van der Waals surface area contributed by atoms with Crippen LogP contribution in [0, 0.1) is 0 Å². The average molecular weight is 257 g/mol. The van der Waals surface area contributed by atoms with Gasteiger partial charge in [0.2, 0.25) is 5.88 Å². The Labute approximate surface area is 106 Å². The summed E-state index contributed by atoms with van der Waals surface area (Å²) in [6, 6.07) is 1.69. The third-order valence-corrected chi connectivity index (χ3v) is 3.26. The number of hydrogen-bond donors (Lipinski definition) is 1. The van der Waals surface area contributed by atoms with Crippen LogP contribution in [0.15, 0.2) is 12.3 Å². The van der Waals surface area contributed by atoms with Gasteiger partial charge in [-0.2, -0.15) is 0 Å². The molecular formula is C12H17ClN2O2. The quantitative estimate of drug-likeness (QED) is 0.894. The molecular weight excluding hydrogens is 240 g/mol. The molecule has 4 nitrogen and oxygen atoms in total. The predicted molar refractivity (Wildman–Crippen MR) is 66.3 cm³/mol. The second-order valence-corrected chi connectivity index (χ2v) is 4.82. The average Bonchev–Trinajstić information content (AvgIpc) is 2.34. The zero-order valence-corrected chi connectivity index (χ0v) is 10.7. The fraction of sp³-hybridized carbons (Fsp3) is 0.583. The summed E-state index contributed by atoms with van der Waals surface area (Å²) < 4.78 is 5.78. The highest BCUT2D eigenvalue weighted by atomic mass is 35.5. The van der Waals surface area contributed by atoms with Crippen LogP contribution < -0.4 is 4.74 Å². The highest BCUT2D eigenvalue weighted by molar-refractivity contribution is 6.31. The van der Waals surface area contributed by atoms with Crippen molar-refractivity contribution in [3.05, 3.63) is 22.8 Å².